The molecule has 0 bridgehead atoms. The summed E-state index contributed by atoms with van der Waals surface area (Å²) in [6.45, 7) is 5.71. The molecule has 0 aliphatic heterocycles. The Morgan fingerprint density at radius 2 is 2.11 bits per heavy atom. The lowest BCUT2D eigenvalue weighted by atomic mass is 10.2. The second-order valence-corrected chi connectivity index (χ2v) is 6.98. The Kier molecular flexibility index (Phi) is 7.50. The summed E-state index contributed by atoms with van der Waals surface area (Å²) >= 11 is 9.16. The van der Waals surface area contributed by atoms with Crippen molar-refractivity contribution in [2.75, 3.05) is 6.61 Å². The molecule has 0 aliphatic rings. The van der Waals surface area contributed by atoms with E-state index in [2.05, 4.69) is 26.5 Å². The molecule has 8 heteroatoms. The number of nitrogens with one attached hydrogen (secondary N) is 1. The number of aromatic hydroxyl groups is 1. The molecular formula is C19H20BrClN2O4. The molecule has 1 atom stereocenters. The van der Waals surface area contributed by atoms with Gasteiger partial charge in [0, 0.05) is 5.02 Å². The quantitative estimate of drug-likeness (QED) is 0.478. The van der Waals surface area contributed by atoms with Gasteiger partial charge in [0.2, 0.25) is 0 Å². The minimum absolute atomic E-state index is 0.0124. The van der Waals surface area contributed by atoms with Gasteiger partial charge in [-0.15, -0.1) is 0 Å². The molecule has 0 aromatic heterocycles. The Hall–Kier alpha value is -2.25. The molecule has 0 radical (unpaired) electrons. The number of benzene rings is 2. The van der Waals surface area contributed by atoms with Gasteiger partial charge < -0.3 is 14.6 Å². The highest BCUT2D eigenvalue weighted by atomic mass is 79.9. The van der Waals surface area contributed by atoms with Crippen molar-refractivity contribution in [1.82, 2.24) is 5.43 Å². The predicted molar refractivity (Wildman–Crippen MR) is 109 cm³/mol. The largest absolute Gasteiger partial charge is 0.503 e. The van der Waals surface area contributed by atoms with Crippen molar-refractivity contribution >= 4 is 39.7 Å². The maximum atomic E-state index is 12.2. The van der Waals surface area contributed by atoms with Crippen molar-refractivity contribution in [3.63, 3.8) is 0 Å². The molecule has 1 amide bonds. The van der Waals surface area contributed by atoms with Crippen molar-refractivity contribution in [3.8, 4) is 17.2 Å². The van der Waals surface area contributed by atoms with Gasteiger partial charge in [-0.2, -0.15) is 5.10 Å². The van der Waals surface area contributed by atoms with Gasteiger partial charge in [0.05, 0.1) is 17.3 Å². The standard InChI is InChI=1S/C19H20BrClN2O4/c1-4-26-17-9-13(8-15(20)18(17)24)10-22-23-19(25)12(3)27-16-6-5-14(21)7-11(16)2/h5-10,12,24H,4H2,1-3H3,(H,23,25)/b22-10+. The molecule has 0 spiro atoms. The van der Waals surface area contributed by atoms with E-state index in [-0.39, 0.29) is 5.75 Å². The minimum Gasteiger partial charge on any atom is -0.503 e. The van der Waals surface area contributed by atoms with E-state index in [0.29, 0.717) is 33.2 Å². The Morgan fingerprint density at radius 3 is 2.78 bits per heavy atom. The fourth-order valence-corrected chi connectivity index (χ4v) is 2.87. The van der Waals surface area contributed by atoms with Crippen LogP contribution in [0, 0.1) is 6.92 Å². The lowest BCUT2D eigenvalue weighted by Gasteiger charge is -2.15. The molecule has 0 saturated carbocycles. The Bertz CT molecular complexity index is 858. The van der Waals surface area contributed by atoms with Crippen molar-refractivity contribution in [2.45, 2.75) is 26.9 Å². The number of phenols is 1. The van der Waals surface area contributed by atoms with Gasteiger partial charge in [-0.05, 0) is 78.2 Å². The number of phenolic OH excluding ortho intramolecular Hbond substituents is 1. The number of halogens is 2. The molecule has 144 valence electrons. The van der Waals surface area contributed by atoms with Crippen LogP contribution in [-0.2, 0) is 4.79 Å². The van der Waals surface area contributed by atoms with Crippen molar-refractivity contribution in [2.24, 2.45) is 5.10 Å². The second-order valence-electron chi connectivity index (χ2n) is 5.69. The first-order valence-corrected chi connectivity index (χ1v) is 9.40. The van der Waals surface area contributed by atoms with E-state index in [1.807, 2.05) is 13.8 Å². The summed E-state index contributed by atoms with van der Waals surface area (Å²) < 4.78 is 11.5. The zero-order valence-corrected chi connectivity index (χ0v) is 17.5. The van der Waals surface area contributed by atoms with Crippen LogP contribution in [-0.4, -0.2) is 29.9 Å². The number of aryl methyl sites for hydroxylation is 1. The maximum absolute atomic E-state index is 12.2. The topological polar surface area (TPSA) is 80.2 Å². The molecule has 1 unspecified atom stereocenters. The molecule has 27 heavy (non-hydrogen) atoms. The van der Waals surface area contributed by atoms with Crippen LogP contribution in [0.15, 0.2) is 39.9 Å². The summed E-state index contributed by atoms with van der Waals surface area (Å²) in [4.78, 5) is 12.2. The zero-order chi connectivity index (χ0) is 20.0. The minimum atomic E-state index is -0.743. The third kappa shape index (κ3) is 5.87. The van der Waals surface area contributed by atoms with Gasteiger partial charge in [0.15, 0.2) is 17.6 Å². The Labute approximate surface area is 171 Å². The smallest absolute Gasteiger partial charge is 0.280 e. The average molecular weight is 456 g/mol. The molecule has 2 N–H and O–H groups in total. The number of amides is 1. The second kappa shape index (κ2) is 9.62. The first-order chi connectivity index (χ1) is 12.8. The van der Waals surface area contributed by atoms with E-state index in [9.17, 15) is 9.90 Å². The lowest BCUT2D eigenvalue weighted by Crippen LogP contribution is -2.33. The van der Waals surface area contributed by atoms with Crippen molar-refractivity contribution < 1.29 is 19.4 Å². The lowest BCUT2D eigenvalue weighted by molar-refractivity contribution is -0.127. The summed E-state index contributed by atoms with van der Waals surface area (Å²) in [5, 5.41) is 14.4. The molecule has 0 aliphatic carbocycles. The number of nitrogens with zero attached hydrogens (tertiary/aromatic N) is 1. The number of hydrogen-bond donors (Lipinski definition) is 2. The first-order valence-electron chi connectivity index (χ1n) is 8.22. The summed E-state index contributed by atoms with van der Waals surface area (Å²) in [5.41, 5.74) is 3.91. The van der Waals surface area contributed by atoms with Crippen molar-refractivity contribution in [1.29, 1.82) is 0 Å². The zero-order valence-electron chi connectivity index (χ0n) is 15.1. The summed E-state index contributed by atoms with van der Waals surface area (Å²) in [6.07, 6.45) is 0.706. The molecule has 2 aromatic rings. The van der Waals surface area contributed by atoms with Gasteiger partial charge in [-0.25, -0.2) is 5.43 Å². The highest BCUT2D eigenvalue weighted by molar-refractivity contribution is 9.10. The number of carbonyl (C=O) groups is 1. The van der Waals surface area contributed by atoms with E-state index >= 15 is 0 Å². The summed E-state index contributed by atoms with van der Waals surface area (Å²) in [5.74, 6) is 0.520. The van der Waals surface area contributed by atoms with Crippen molar-refractivity contribution in [3.05, 3.63) is 51.0 Å². The molecular weight excluding hydrogens is 436 g/mol. The fourth-order valence-electron chi connectivity index (χ4n) is 2.18. The number of hydrazone groups is 1. The van der Waals surface area contributed by atoms with Crippen LogP contribution >= 0.6 is 27.5 Å². The van der Waals surface area contributed by atoms with E-state index in [0.717, 1.165) is 5.56 Å². The molecule has 6 nitrogen and oxygen atoms in total. The van der Waals surface area contributed by atoms with Gasteiger partial charge in [0.1, 0.15) is 5.75 Å². The molecule has 2 aromatic carbocycles. The van der Waals surface area contributed by atoms with Gasteiger partial charge in [-0.3, -0.25) is 4.79 Å². The highest BCUT2D eigenvalue weighted by Crippen LogP contribution is 2.35. The van der Waals surface area contributed by atoms with E-state index in [1.165, 1.54) is 6.21 Å². The Morgan fingerprint density at radius 1 is 1.37 bits per heavy atom. The highest BCUT2D eigenvalue weighted by Gasteiger charge is 2.15. The van der Waals surface area contributed by atoms with Crippen LogP contribution in [0.1, 0.15) is 25.0 Å². The SMILES string of the molecule is CCOc1cc(/C=N/NC(=O)C(C)Oc2ccc(Cl)cc2C)cc(Br)c1O. The molecule has 0 saturated heterocycles. The van der Waals surface area contributed by atoms with Gasteiger partial charge >= 0.3 is 0 Å². The fraction of sp³-hybridized carbons (Fsp3) is 0.263. The average Bonchev–Trinajstić information content (AvgIpc) is 2.61. The third-order valence-electron chi connectivity index (χ3n) is 3.55. The number of rotatable bonds is 7. The summed E-state index contributed by atoms with van der Waals surface area (Å²) in [7, 11) is 0. The number of ether oxygens (including phenoxy) is 2. The van der Waals surface area contributed by atoms with Crippen LogP contribution in [0.3, 0.4) is 0 Å². The Balaban J connectivity index is 2.00. The van der Waals surface area contributed by atoms with E-state index < -0.39 is 12.0 Å². The molecule has 0 fully saturated rings. The first kappa shape index (κ1) is 21.1. The monoisotopic (exact) mass is 454 g/mol. The van der Waals surface area contributed by atoms with Gasteiger partial charge in [-0.1, -0.05) is 11.6 Å². The summed E-state index contributed by atoms with van der Waals surface area (Å²) in [6, 6.07) is 8.46. The molecule has 2 rings (SSSR count). The number of carbonyl (C=O) groups excluding carboxylic acids is 1. The van der Waals surface area contributed by atoms with Crippen LogP contribution in [0.2, 0.25) is 5.02 Å². The van der Waals surface area contributed by atoms with Crippen LogP contribution in [0.25, 0.3) is 0 Å². The van der Waals surface area contributed by atoms with E-state index in [1.54, 1.807) is 37.3 Å². The molecule has 0 heterocycles. The van der Waals surface area contributed by atoms with Gasteiger partial charge in [0.25, 0.3) is 5.91 Å². The van der Waals surface area contributed by atoms with Crippen LogP contribution in [0.4, 0.5) is 0 Å². The predicted octanol–water partition coefficient (Wildman–Crippen LogP) is 4.43. The maximum Gasteiger partial charge on any atom is 0.280 e. The number of hydrogen-bond acceptors (Lipinski definition) is 5. The van der Waals surface area contributed by atoms with Crippen LogP contribution in [0.5, 0.6) is 17.2 Å². The van der Waals surface area contributed by atoms with E-state index in [4.69, 9.17) is 21.1 Å². The third-order valence-corrected chi connectivity index (χ3v) is 4.39. The normalized spacial score (nSPS) is 12.0. The van der Waals surface area contributed by atoms with Crippen LogP contribution < -0.4 is 14.9 Å².